The van der Waals surface area contributed by atoms with Gasteiger partial charge in [0, 0.05) is 16.8 Å². The molecule has 2 aliphatic rings. The second-order valence-electron chi connectivity index (χ2n) is 5.11. The molecule has 110 valence electrons. The van der Waals surface area contributed by atoms with Gasteiger partial charge in [0.1, 0.15) is 19.0 Å². The average Bonchev–Trinajstić information content (AvgIpc) is 2.83. The van der Waals surface area contributed by atoms with E-state index in [4.69, 9.17) is 9.47 Å². The molecule has 0 saturated carbocycles. The minimum Gasteiger partial charge on any atom is -0.486 e. The molecular formula is C17H12FNO3. The smallest absolute Gasteiger partial charge is 0.256 e. The third-order valence-electron chi connectivity index (χ3n) is 3.64. The summed E-state index contributed by atoms with van der Waals surface area (Å²) in [4.78, 5) is 12.1. The molecule has 2 heterocycles. The monoisotopic (exact) mass is 297 g/mol. The van der Waals surface area contributed by atoms with Crippen LogP contribution >= 0.6 is 0 Å². The Morgan fingerprint density at radius 3 is 2.73 bits per heavy atom. The molecule has 5 heteroatoms. The number of nitrogens with one attached hydrogen (secondary N) is 1. The second-order valence-corrected chi connectivity index (χ2v) is 5.11. The van der Waals surface area contributed by atoms with Crippen molar-refractivity contribution in [2.24, 2.45) is 0 Å². The molecular weight excluding hydrogens is 285 g/mol. The summed E-state index contributed by atoms with van der Waals surface area (Å²) < 4.78 is 24.4. The topological polar surface area (TPSA) is 47.6 Å². The van der Waals surface area contributed by atoms with Crippen molar-refractivity contribution in [1.82, 2.24) is 0 Å². The molecule has 0 spiro atoms. The average molecular weight is 297 g/mol. The Morgan fingerprint density at radius 2 is 1.86 bits per heavy atom. The van der Waals surface area contributed by atoms with E-state index in [1.54, 1.807) is 18.2 Å². The van der Waals surface area contributed by atoms with Gasteiger partial charge in [-0.1, -0.05) is 6.07 Å². The number of benzene rings is 2. The van der Waals surface area contributed by atoms with Crippen molar-refractivity contribution in [2.75, 3.05) is 18.5 Å². The molecule has 0 saturated heterocycles. The molecule has 0 unspecified atom stereocenters. The van der Waals surface area contributed by atoms with Crippen LogP contribution in [-0.4, -0.2) is 19.1 Å². The van der Waals surface area contributed by atoms with Crippen LogP contribution in [0, 0.1) is 5.82 Å². The lowest BCUT2D eigenvalue weighted by Gasteiger charge is -2.18. The van der Waals surface area contributed by atoms with Gasteiger partial charge in [0.25, 0.3) is 5.91 Å². The van der Waals surface area contributed by atoms with Crippen molar-refractivity contribution >= 4 is 23.2 Å². The van der Waals surface area contributed by atoms with E-state index in [9.17, 15) is 9.18 Å². The van der Waals surface area contributed by atoms with Crippen LogP contribution in [0.4, 0.5) is 10.1 Å². The lowest BCUT2D eigenvalue weighted by molar-refractivity contribution is -0.110. The standard InChI is InChI=1S/C17H12FNO3/c18-11-2-3-14-12(9-11)13(17(20)19-14)7-10-1-4-15-16(8-10)22-6-5-21-15/h1-4,7-9H,5-6H2,(H,19,20)/b13-7+. The second kappa shape index (κ2) is 4.87. The first-order valence-corrected chi connectivity index (χ1v) is 6.93. The third-order valence-corrected chi connectivity index (χ3v) is 3.64. The Bertz CT molecular complexity index is 814. The molecule has 0 fully saturated rings. The molecule has 1 N–H and O–H groups in total. The fraction of sp³-hybridized carbons (Fsp3) is 0.118. The highest BCUT2D eigenvalue weighted by Gasteiger charge is 2.24. The van der Waals surface area contributed by atoms with E-state index in [0.29, 0.717) is 41.5 Å². The van der Waals surface area contributed by atoms with Gasteiger partial charge in [0.15, 0.2) is 11.5 Å². The molecule has 0 radical (unpaired) electrons. The Kier molecular flexibility index (Phi) is 2.85. The number of carbonyl (C=O) groups is 1. The normalized spacial score (nSPS) is 17.3. The highest BCUT2D eigenvalue weighted by atomic mass is 19.1. The number of anilines is 1. The van der Waals surface area contributed by atoms with E-state index in [1.165, 1.54) is 12.1 Å². The minimum atomic E-state index is -0.372. The van der Waals surface area contributed by atoms with E-state index in [1.807, 2.05) is 12.1 Å². The Hall–Kier alpha value is -2.82. The molecule has 0 atom stereocenters. The summed E-state index contributed by atoms with van der Waals surface area (Å²) in [5, 5.41) is 2.73. The SMILES string of the molecule is O=C1Nc2ccc(F)cc2/C1=C\c1ccc2c(c1)OCCO2. The van der Waals surface area contributed by atoms with Gasteiger partial charge in [-0.25, -0.2) is 4.39 Å². The molecule has 4 rings (SSSR count). The number of carbonyl (C=O) groups excluding carboxylic acids is 1. The van der Waals surface area contributed by atoms with Crippen molar-refractivity contribution < 1.29 is 18.7 Å². The highest BCUT2D eigenvalue weighted by Crippen LogP contribution is 2.36. The molecule has 0 aromatic heterocycles. The highest BCUT2D eigenvalue weighted by molar-refractivity contribution is 6.34. The predicted octanol–water partition coefficient (Wildman–Crippen LogP) is 3.09. The van der Waals surface area contributed by atoms with Gasteiger partial charge in [0.05, 0.1) is 0 Å². The van der Waals surface area contributed by atoms with Crippen molar-refractivity contribution in [3.8, 4) is 11.5 Å². The van der Waals surface area contributed by atoms with Crippen molar-refractivity contribution in [1.29, 1.82) is 0 Å². The van der Waals surface area contributed by atoms with Gasteiger partial charge in [-0.2, -0.15) is 0 Å². The Balaban J connectivity index is 1.77. The number of rotatable bonds is 1. The minimum absolute atomic E-state index is 0.240. The van der Waals surface area contributed by atoms with Crippen LogP contribution < -0.4 is 14.8 Å². The van der Waals surface area contributed by atoms with Gasteiger partial charge in [-0.3, -0.25) is 4.79 Å². The van der Waals surface area contributed by atoms with Crippen LogP contribution in [0.2, 0.25) is 0 Å². The molecule has 0 bridgehead atoms. The number of amides is 1. The van der Waals surface area contributed by atoms with Gasteiger partial charge in [-0.15, -0.1) is 0 Å². The maximum absolute atomic E-state index is 13.4. The van der Waals surface area contributed by atoms with E-state index in [0.717, 1.165) is 5.56 Å². The van der Waals surface area contributed by atoms with Crippen molar-refractivity contribution in [3.63, 3.8) is 0 Å². The van der Waals surface area contributed by atoms with Crippen LogP contribution in [0.5, 0.6) is 11.5 Å². The summed E-state index contributed by atoms with van der Waals surface area (Å²) in [5.41, 5.74) is 2.42. The molecule has 22 heavy (non-hydrogen) atoms. The first-order chi connectivity index (χ1) is 10.7. The Labute approximate surface area is 126 Å². The fourth-order valence-electron chi connectivity index (χ4n) is 2.62. The number of hydrogen-bond acceptors (Lipinski definition) is 3. The van der Waals surface area contributed by atoms with Gasteiger partial charge >= 0.3 is 0 Å². The van der Waals surface area contributed by atoms with Crippen LogP contribution in [0.1, 0.15) is 11.1 Å². The zero-order chi connectivity index (χ0) is 15.1. The zero-order valence-electron chi connectivity index (χ0n) is 11.6. The first kappa shape index (κ1) is 12.9. The summed E-state index contributed by atoms with van der Waals surface area (Å²) >= 11 is 0. The zero-order valence-corrected chi connectivity index (χ0v) is 11.6. The lowest BCUT2D eigenvalue weighted by atomic mass is 10.0. The first-order valence-electron chi connectivity index (χ1n) is 6.93. The summed E-state index contributed by atoms with van der Waals surface area (Å²) in [5.74, 6) is 0.730. The van der Waals surface area contributed by atoms with Gasteiger partial charge in [0.2, 0.25) is 0 Å². The van der Waals surface area contributed by atoms with Crippen LogP contribution in [0.15, 0.2) is 36.4 Å². The maximum atomic E-state index is 13.4. The number of fused-ring (bicyclic) bond motifs is 2. The quantitative estimate of drug-likeness (QED) is 0.823. The van der Waals surface area contributed by atoms with Gasteiger partial charge in [-0.05, 0) is 42.0 Å². The van der Waals surface area contributed by atoms with Crippen molar-refractivity contribution in [2.45, 2.75) is 0 Å². The van der Waals surface area contributed by atoms with E-state index in [2.05, 4.69) is 5.32 Å². The van der Waals surface area contributed by atoms with E-state index >= 15 is 0 Å². The third kappa shape index (κ3) is 2.11. The van der Waals surface area contributed by atoms with E-state index < -0.39 is 0 Å². The van der Waals surface area contributed by atoms with Crippen LogP contribution in [-0.2, 0) is 4.79 Å². The summed E-state index contributed by atoms with van der Waals surface area (Å²) in [6.07, 6.45) is 1.72. The summed E-state index contributed by atoms with van der Waals surface area (Å²) in [7, 11) is 0. The fourth-order valence-corrected chi connectivity index (χ4v) is 2.62. The molecule has 2 aromatic carbocycles. The van der Waals surface area contributed by atoms with Crippen molar-refractivity contribution in [3.05, 3.63) is 53.3 Å². The van der Waals surface area contributed by atoms with Crippen LogP contribution in [0.3, 0.4) is 0 Å². The molecule has 4 nitrogen and oxygen atoms in total. The predicted molar refractivity (Wildman–Crippen MR) is 80.3 cm³/mol. The molecule has 2 aliphatic heterocycles. The molecule has 2 aromatic rings. The Morgan fingerprint density at radius 1 is 1.05 bits per heavy atom. The van der Waals surface area contributed by atoms with Crippen LogP contribution in [0.25, 0.3) is 11.6 Å². The number of ether oxygens (including phenoxy) is 2. The summed E-state index contributed by atoms with van der Waals surface area (Å²) in [6, 6.07) is 9.70. The lowest BCUT2D eigenvalue weighted by Crippen LogP contribution is -2.15. The van der Waals surface area contributed by atoms with E-state index in [-0.39, 0.29) is 11.7 Å². The molecule has 0 aliphatic carbocycles. The molecule has 1 amide bonds. The maximum Gasteiger partial charge on any atom is 0.256 e. The number of hydrogen-bond donors (Lipinski definition) is 1. The largest absolute Gasteiger partial charge is 0.486 e. The van der Waals surface area contributed by atoms with Gasteiger partial charge < -0.3 is 14.8 Å². The number of halogens is 1. The summed E-state index contributed by atoms with van der Waals surface area (Å²) in [6.45, 7) is 1.03.